The maximum absolute atomic E-state index is 12.0. The minimum absolute atomic E-state index is 0. The van der Waals surface area contributed by atoms with Crippen molar-refractivity contribution in [3.8, 4) is 0 Å². The van der Waals surface area contributed by atoms with Crippen molar-refractivity contribution < 1.29 is 42.5 Å². The smallest absolute Gasteiger partial charge is 0.744 e. The van der Waals surface area contributed by atoms with E-state index in [1.165, 1.54) is 192 Å². The van der Waals surface area contributed by atoms with Gasteiger partial charge in [-0.05, 0) is 42.9 Å². The molecular weight excluding hydrogens is 608 g/mol. The van der Waals surface area contributed by atoms with Crippen LogP contribution in [0.5, 0.6) is 0 Å². The minimum Gasteiger partial charge on any atom is -0.744 e. The van der Waals surface area contributed by atoms with Gasteiger partial charge in [0.05, 0.1) is 4.90 Å². The summed E-state index contributed by atoms with van der Waals surface area (Å²) < 4.78 is 36.1. The van der Waals surface area contributed by atoms with E-state index in [-0.39, 0.29) is 34.5 Å². The van der Waals surface area contributed by atoms with Gasteiger partial charge in [-0.1, -0.05) is 219 Å². The Kier molecular flexibility index (Phi) is 34.7. The summed E-state index contributed by atoms with van der Waals surface area (Å²) in [6.45, 7) is 4.56. The van der Waals surface area contributed by atoms with Crippen LogP contribution in [0, 0.1) is 0 Å². The molecule has 0 aliphatic heterocycles. The first-order chi connectivity index (χ1) is 22.5. The molecule has 47 heavy (non-hydrogen) atoms. The van der Waals surface area contributed by atoms with Crippen molar-refractivity contribution in [2.45, 2.75) is 237 Å². The normalized spacial score (nSPS) is 11.6. The molecule has 1 rings (SSSR count). The fraction of sp³-hybridized carbons (Fsp3) is 0.857. The van der Waals surface area contributed by atoms with Gasteiger partial charge in [-0.3, -0.25) is 0 Å². The molecule has 0 N–H and O–H groups in total. The van der Waals surface area contributed by atoms with E-state index in [1.54, 1.807) is 6.07 Å². The maximum Gasteiger partial charge on any atom is 1.00 e. The predicted molar refractivity (Wildman–Crippen MR) is 201 cm³/mol. The standard InChI is InChI=1S/C42H78O3S.Na/c1-3-5-7-9-11-13-15-17-19-21-23-25-27-29-31-33-36-40-37-35-39-42(46(43,44)45)41(40)38-34-32-30-28-26-24-22-20-18-16-14-12-10-8-6-4-2;/h35,37,39H,3-34,36,38H2,1-2H3,(H,43,44,45);/q;+1/p-1. The average Bonchev–Trinajstić information content (AvgIpc) is 3.04. The molecule has 1 aromatic carbocycles. The van der Waals surface area contributed by atoms with Crippen LogP contribution in [0.15, 0.2) is 23.1 Å². The van der Waals surface area contributed by atoms with Crippen molar-refractivity contribution in [2.24, 2.45) is 0 Å². The Morgan fingerprint density at radius 3 is 1.00 bits per heavy atom. The van der Waals surface area contributed by atoms with E-state index < -0.39 is 10.1 Å². The molecule has 0 radical (unpaired) electrons. The van der Waals surface area contributed by atoms with E-state index in [4.69, 9.17) is 0 Å². The zero-order valence-corrected chi connectivity index (χ0v) is 34.7. The number of hydrogen-bond acceptors (Lipinski definition) is 3. The van der Waals surface area contributed by atoms with Crippen LogP contribution in [0.25, 0.3) is 0 Å². The van der Waals surface area contributed by atoms with Crippen LogP contribution in [0.3, 0.4) is 0 Å². The molecule has 0 bridgehead atoms. The Bertz CT molecular complexity index is 901. The van der Waals surface area contributed by atoms with Crippen molar-refractivity contribution in [3.05, 3.63) is 29.3 Å². The van der Waals surface area contributed by atoms with Gasteiger partial charge in [0.15, 0.2) is 0 Å². The third-order valence-electron chi connectivity index (χ3n) is 10.1. The van der Waals surface area contributed by atoms with Crippen LogP contribution in [0.4, 0.5) is 0 Å². The summed E-state index contributed by atoms with van der Waals surface area (Å²) in [4.78, 5) is 0.0300. The van der Waals surface area contributed by atoms with Gasteiger partial charge in [-0.25, -0.2) is 8.42 Å². The van der Waals surface area contributed by atoms with Crippen LogP contribution < -0.4 is 29.6 Å². The molecule has 0 aliphatic rings. The predicted octanol–water partition coefficient (Wildman–Crippen LogP) is 11.2. The molecule has 0 unspecified atom stereocenters. The average molecular weight is 685 g/mol. The molecule has 0 aliphatic carbocycles. The third kappa shape index (κ3) is 28.5. The number of rotatable bonds is 35. The molecule has 0 saturated heterocycles. The van der Waals surface area contributed by atoms with Crippen LogP contribution in [-0.4, -0.2) is 13.0 Å². The molecule has 0 fully saturated rings. The number of aryl methyl sites for hydroxylation is 1. The Balaban J connectivity index is 0.0000212. The number of benzene rings is 1. The SMILES string of the molecule is CCCCCCCCCCCCCCCCCCc1cccc(S(=O)(=O)[O-])c1CCCCCCCCCCCCCCCCCC.[Na+]. The zero-order chi connectivity index (χ0) is 33.4. The molecule has 0 saturated carbocycles. The summed E-state index contributed by atoms with van der Waals surface area (Å²) in [6.07, 6.45) is 44.4. The van der Waals surface area contributed by atoms with E-state index in [0.29, 0.717) is 6.42 Å². The van der Waals surface area contributed by atoms with Crippen molar-refractivity contribution in [3.63, 3.8) is 0 Å². The summed E-state index contributed by atoms with van der Waals surface area (Å²) in [5, 5.41) is 0. The second kappa shape index (κ2) is 34.6. The van der Waals surface area contributed by atoms with Crippen molar-refractivity contribution in [1.82, 2.24) is 0 Å². The maximum atomic E-state index is 12.0. The van der Waals surface area contributed by atoms with Crippen LogP contribution in [-0.2, 0) is 23.0 Å². The first-order valence-corrected chi connectivity index (χ1v) is 22.0. The van der Waals surface area contributed by atoms with E-state index >= 15 is 0 Å². The first-order valence-electron chi connectivity index (χ1n) is 20.6. The summed E-state index contributed by atoms with van der Waals surface area (Å²) in [5.74, 6) is 0. The molecule has 1 aromatic rings. The summed E-state index contributed by atoms with van der Waals surface area (Å²) in [6, 6.07) is 5.35. The van der Waals surface area contributed by atoms with E-state index in [2.05, 4.69) is 19.9 Å². The summed E-state index contributed by atoms with van der Waals surface area (Å²) in [5.41, 5.74) is 1.90. The monoisotopic (exact) mass is 685 g/mol. The summed E-state index contributed by atoms with van der Waals surface area (Å²) in [7, 11) is -4.44. The Labute approximate surface area is 317 Å². The molecule has 0 heterocycles. The van der Waals surface area contributed by atoms with Gasteiger partial charge in [-0.2, -0.15) is 0 Å². The van der Waals surface area contributed by atoms with Crippen molar-refractivity contribution >= 4 is 10.1 Å². The van der Waals surface area contributed by atoms with Gasteiger partial charge in [0, 0.05) is 0 Å². The molecule has 270 valence electrons. The minimum atomic E-state index is -4.44. The Hall–Kier alpha value is 0.130. The molecule has 5 heteroatoms. The topological polar surface area (TPSA) is 57.2 Å². The quantitative estimate of drug-likeness (QED) is 0.0406. The molecule has 0 amide bonds. The Morgan fingerprint density at radius 2 is 0.702 bits per heavy atom. The largest absolute Gasteiger partial charge is 1.00 e. The molecule has 0 aromatic heterocycles. The van der Waals surface area contributed by atoms with E-state index in [1.807, 2.05) is 0 Å². The van der Waals surface area contributed by atoms with E-state index in [9.17, 15) is 13.0 Å². The first kappa shape index (κ1) is 47.1. The van der Waals surface area contributed by atoms with Crippen LogP contribution in [0.1, 0.15) is 230 Å². The fourth-order valence-electron chi connectivity index (χ4n) is 7.08. The molecule has 0 spiro atoms. The van der Waals surface area contributed by atoms with Gasteiger partial charge in [0.1, 0.15) is 10.1 Å². The van der Waals surface area contributed by atoms with Crippen LogP contribution in [0.2, 0.25) is 0 Å². The second-order valence-corrected chi connectivity index (χ2v) is 15.8. The van der Waals surface area contributed by atoms with Gasteiger partial charge in [0.2, 0.25) is 0 Å². The fourth-order valence-corrected chi connectivity index (χ4v) is 7.86. The van der Waals surface area contributed by atoms with Gasteiger partial charge >= 0.3 is 29.6 Å². The summed E-state index contributed by atoms with van der Waals surface area (Å²) >= 11 is 0. The number of unbranched alkanes of at least 4 members (excludes halogenated alkanes) is 30. The molecule has 0 atom stereocenters. The van der Waals surface area contributed by atoms with Crippen molar-refractivity contribution in [1.29, 1.82) is 0 Å². The number of hydrogen-bond donors (Lipinski definition) is 0. The van der Waals surface area contributed by atoms with Crippen LogP contribution >= 0.6 is 0 Å². The van der Waals surface area contributed by atoms with Crippen molar-refractivity contribution in [2.75, 3.05) is 0 Å². The Morgan fingerprint density at radius 1 is 0.426 bits per heavy atom. The van der Waals surface area contributed by atoms with Gasteiger partial charge < -0.3 is 4.55 Å². The van der Waals surface area contributed by atoms with Gasteiger partial charge in [-0.15, -0.1) is 0 Å². The second-order valence-electron chi connectivity index (χ2n) is 14.5. The molecular formula is C42H77NaO3S. The van der Waals surface area contributed by atoms with Gasteiger partial charge in [0.25, 0.3) is 0 Å². The van der Waals surface area contributed by atoms with E-state index in [0.717, 1.165) is 36.8 Å². The molecule has 3 nitrogen and oxygen atoms in total. The zero-order valence-electron chi connectivity index (χ0n) is 31.9. The third-order valence-corrected chi connectivity index (χ3v) is 11.0.